The fourth-order valence-electron chi connectivity index (χ4n) is 1.54. The monoisotopic (exact) mass is 292 g/mol. The van der Waals surface area contributed by atoms with Crippen molar-refractivity contribution in [3.63, 3.8) is 0 Å². The normalized spacial score (nSPS) is 12.4. The van der Waals surface area contributed by atoms with Crippen LogP contribution in [0.25, 0.3) is 0 Å². The van der Waals surface area contributed by atoms with Crippen molar-refractivity contribution in [2.75, 3.05) is 11.9 Å². The van der Waals surface area contributed by atoms with Gasteiger partial charge >= 0.3 is 0 Å². The zero-order valence-electron chi connectivity index (χ0n) is 10.2. The van der Waals surface area contributed by atoms with Crippen molar-refractivity contribution in [1.29, 1.82) is 5.26 Å². The maximum atomic E-state index is 9.19. The summed E-state index contributed by atoms with van der Waals surface area (Å²) < 4.78 is 1.01. The van der Waals surface area contributed by atoms with Crippen LogP contribution >= 0.6 is 15.9 Å². The van der Waals surface area contributed by atoms with Gasteiger partial charge in [0, 0.05) is 11.5 Å². The SMILES string of the molecule is CCC/C=C/C(C#N)N(C)c1ccccc1Br. The van der Waals surface area contributed by atoms with Crippen molar-refractivity contribution in [1.82, 2.24) is 0 Å². The second kappa shape index (κ2) is 7.13. The van der Waals surface area contributed by atoms with E-state index < -0.39 is 0 Å². The number of anilines is 1. The first-order valence-electron chi connectivity index (χ1n) is 5.74. The largest absolute Gasteiger partial charge is 0.355 e. The molecule has 1 rings (SSSR count). The molecule has 0 fully saturated rings. The van der Waals surface area contributed by atoms with Crippen molar-refractivity contribution >= 4 is 21.6 Å². The first kappa shape index (κ1) is 13.8. The molecule has 0 aliphatic rings. The summed E-state index contributed by atoms with van der Waals surface area (Å²) in [6.07, 6.45) is 6.15. The first-order valence-corrected chi connectivity index (χ1v) is 6.53. The van der Waals surface area contributed by atoms with Crippen LogP contribution in [0.2, 0.25) is 0 Å². The third kappa shape index (κ3) is 3.90. The summed E-state index contributed by atoms with van der Waals surface area (Å²) in [6, 6.07) is 10.0. The first-order chi connectivity index (χ1) is 8.20. The van der Waals surface area contributed by atoms with Crippen LogP contribution in [-0.4, -0.2) is 13.1 Å². The summed E-state index contributed by atoms with van der Waals surface area (Å²) in [5.41, 5.74) is 1.03. The lowest BCUT2D eigenvalue weighted by Gasteiger charge is -2.23. The lowest BCUT2D eigenvalue weighted by molar-refractivity contribution is 0.884. The van der Waals surface area contributed by atoms with Gasteiger partial charge in [-0.25, -0.2) is 0 Å². The van der Waals surface area contributed by atoms with Crippen LogP contribution in [-0.2, 0) is 0 Å². The summed E-state index contributed by atoms with van der Waals surface area (Å²) in [4.78, 5) is 1.97. The predicted octanol–water partition coefficient (Wildman–Crippen LogP) is 4.13. The molecule has 0 aliphatic heterocycles. The minimum atomic E-state index is -0.222. The molecule has 1 unspecified atom stereocenters. The number of unbranched alkanes of at least 4 members (excludes halogenated alkanes) is 1. The Bertz CT molecular complexity index is 420. The Morgan fingerprint density at radius 2 is 2.18 bits per heavy atom. The highest BCUT2D eigenvalue weighted by Gasteiger charge is 2.12. The van der Waals surface area contributed by atoms with Crippen LogP contribution in [0.1, 0.15) is 19.8 Å². The van der Waals surface area contributed by atoms with E-state index in [4.69, 9.17) is 0 Å². The van der Waals surface area contributed by atoms with Crippen LogP contribution in [0.15, 0.2) is 40.9 Å². The summed E-state index contributed by atoms with van der Waals surface area (Å²) in [6.45, 7) is 2.13. The van der Waals surface area contributed by atoms with Gasteiger partial charge < -0.3 is 4.90 Å². The Labute approximate surface area is 112 Å². The van der Waals surface area contributed by atoms with Gasteiger partial charge in [-0.3, -0.25) is 0 Å². The van der Waals surface area contributed by atoms with Crippen LogP contribution < -0.4 is 4.90 Å². The molecule has 3 heteroatoms. The van der Waals surface area contributed by atoms with Crippen LogP contribution in [0, 0.1) is 11.3 Å². The summed E-state index contributed by atoms with van der Waals surface area (Å²) in [5, 5.41) is 9.19. The number of hydrogen-bond acceptors (Lipinski definition) is 2. The predicted molar refractivity (Wildman–Crippen MR) is 76.0 cm³/mol. The van der Waals surface area contributed by atoms with Crippen LogP contribution in [0.4, 0.5) is 5.69 Å². The van der Waals surface area contributed by atoms with Gasteiger partial charge in [0.25, 0.3) is 0 Å². The second-order valence-electron chi connectivity index (χ2n) is 3.85. The van der Waals surface area contributed by atoms with Crippen LogP contribution in [0.3, 0.4) is 0 Å². The zero-order chi connectivity index (χ0) is 12.7. The molecule has 0 saturated carbocycles. The third-order valence-corrected chi connectivity index (χ3v) is 3.23. The number of para-hydroxylation sites is 1. The lowest BCUT2D eigenvalue weighted by atomic mass is 10.2. The highest BCUT2D eigenvalue weighted by Crippen LogP contribution is 2.26. The number of nitrogens with zero attached hydrogens (tertiary/aromatic N) is 2. The Hall–Kier alpha value is -1.27. The molecular formula is C14H17BrN2. The van der Waals surface area contributed by atoms with E-state index in [1.165, 1.54) is 0 Å². The van der Waals surface area contributed by atoms with Gasteiger partial charge in [0.2, 0.25) is 0 Å². The molecule has 0 aromatic heterocycles. The number of rotatable bonds is 5. The Morgan fingerprint density at radius 1 is 1.47 bits per heavy atom. The number of halogens is 1. The van der Waals surface area contributed by atoms with E-state index in [2.05, 4.69) is 35.0 Å². The van der Waals surface area contributed by atoms with Gasteiger partial charge in [-0.05, 0) is 34.5 Å². The van der Waals surface area contributed by atoms with Crippen LogP contribution in [0.5, 0.6) is 0 Å². The molecule has 17 heavy (non-hydrogen) atoms. The molecule has 1 atom stereocenters. The van der Waals surface area contributed by atoms with Crippen molar-refractivity contribution in [3.8, 4) is 6.07 Å². The van der Waals surface area contributed by atoms with E-state index >= 15 is 0 Å². The molecule has 2 nitrogen and oxygen atoms in total. The molecule has 0 spiro atoms. The van der Waals surface area contributed by atoms with Crippen molar-refractivity contribution in [2.45, 2.75) is 25.8 Å². The molecule has 90 valence electrons. The summed E-state index contributed by atoms with van der Waals surface area (Å²) in [7, 11) is 1.93. The summed E-state index contributed by atoms with van der Waals surface area (Å²) in [5.74, 6) is 0. The minimum absolute atomic E-state index is 0.222. The maximum Gasteiger partial charge on any atom is 0.135 e. The number of benzene rings is 1. The minimum Gasteiger partial charge on any atom is -0.355 e. The van der Waals surface area contributed by atoms with Crippen molar-refractivity contribution in [3.05, 3.63) is 40.9 Å². The average Bonchev–Trinajstić information content (AvgIpc) is 2.35. The van der Waals surface area contributed by atoms with Gasteiger partial charge in [-0.15, -0.1) is 0 Å². The van der Waals surface area contributed by atoms with Crippen molar-refractivity contribution in [2.24, 2.45) is 0 Å². The fourth-order valence-corrected chi connectivity index (χ4v) is 2.10. The topological polar surface area (TPSA) is 27.0 Å². The molecule has 1 aromatic carbocycles. The number of hydrogen-bond donors (Lipinski definition) is 0. The van der Waals surface area contributed by atoms with E-state index in [1.807, 2.05) is 42.3 Å². The third-order valence-electron chi connectivity index (χ3n) is 2.56. The molecule has 1 aromatic rings. The Morgan fingerprint density at radius 3 is 2.76 bits per heavy atom. The number of likely N-dealkylation sites (N-methyl/N-ethyl adjacent to an activating group) is 1. The zero-order valence-corrected chi connectivity index (χ0v) is 11.8. The maximum absolute atomic E-state index is 9.19. The smallest absolute Gasteiger partial charge is 0.135 e. The highest BCUT2D eigenvalue weighted by atomic mass is 79.9. The lowest BCUT2D eigenvalue weighted by Crippen LogP contribution is -2.28. The molecule has 0 N–H and O–H groups in total. The average molecular weight is 293 g/mol. The Kier molecular flexibility index (Phi) is 5.79. The van der Waals surface area contributed by atoms with Gasteiger partial charge in [-0.1, -0.05) is 37.6 Å². The standard InChI is InChI=1S/C14H17BrN2/c1-3-4-5-8-12(11-16)17(2)14-10-7-6-9-13(14)15/h5-10,12H,3-4H2,1-2H3/b8-5+. The molecule has 0 saturated heterocycles. The van der Waals surface area contributed by atoms with Gasteiger partial charge in [-0.2, -0.15) is 5.26 Å². The highest BCUT2D eigenvalue weighted by molar-refractivity contribution is 9.10. The van der Waals surface area contributed by atoms with E-state index in [9.17, 15) is 5.26 Å². The molecule has 0 radical (unpaired) electrons. The van der Waals surface area contributed by atoms with Gasteiger partial charge in [0.1, 0.15) is 6.04 Å². The molecule has 0 aliphatic carbocycles. The van der Waals surface area contributed by atoms with Crippen molar-refractivity contribution < 1.29 is 0 Å². The van der Waals surface area contributed by atoms with E-state index in [1.54, 1.807) is 0 Å². The van der Waals surface area contributed by atoms with E-state index in [0.717, 1.165) is 23.0 Å². The number of nitriles is 1. The molecule has 0 heterocycles. The molecular weight excluding hydrogens is 276 g/mol. The number of allylic oxidation sites excluding steroid dienone is 1. The molecule has 0 bridgehead atoms. The van der Waals surface area contributed by atoms with E-state index in [-0.39, 0.29) is 6.04 Å². The second-order valence-corrected chi connectivity index (χ2v) is 4.71. The van der Waals surface area contributed by atoms with Gasteiger partial charge in [0.15, 0.2) is 0 Å². The van der Waals surface area contributed by atoms with Gasteiger partial charge in [0.05, 0.1) is 11.8 Å². The summed E-state index contributed by atoms with van der Waals surface area (Å²) >= 11 is 3.50. The Balaban J connectivity index is 2.84. The molecule has 0 amide bonds. The fraction of sp³-hybridized carbons (Fsp3) is 0.357. The quantitative estimate of drug-likeness (QED) is 0.763. The van der Waals surface area contributed by atoms with E-state index in [0.29, 0.717) is 0 Å².